The number of carbonyl (C=O) groups excluding carboxylic acids is 1. The summed E-state index contributed by atoms with van der Waals surface area (Å²) in [7, 11) is 0. The lowest BCUT2D eigenvalue weighted by molar-refractivity contribution is -0.123. The SMILES string of the molecule is Cc1nc(-c2ccc(NC(=O)C(C)(C)CN)cc2)cs1. The Kier molecular flexibility index (Phi) is 4.20. The van der Waals surface area contributed by atoms with E-state index in [2.05, 4.69) is 10.3 Å². The summed E-state index contributed by atoms with van der Waals surface area (Å²) in [6.07, 6.45) is 0. The number of hydrogen-bond acceptors (Lipinski definition) is 4. The standard InChI is InChI=1S/C15H19N3OS/c1-10-17-13(8-20-10)11-4-6-12(7-5-11)18-14(19)15(2,3)9-16/h4-8H,9,16H2,1-3H3,(H,18,19). The molecular formula is C15H19N3OS. The van der Waals surface area contributed by atoms with Crippen molar-refractivity contribution in [3.05, 3.63) is 34.7 Å². The van der Waals surface area contributed by atoms with Crippen molar-refractivity contribution in [2.24, 2.45) is 11.1 Å². The van der Waals surface area contributed by atoms with Crippen LogP contribution in [0.2, 0.25) is 0 Å². The quantitative estimate of drug-likeness (QED) is 0.909. The molecule has 0 radical (unpaired) electrons. The third kappa shape index (κ3) is 3.23. The average molecular weight is 289 g/mol. The van der Waals surface area contributed by atoms with Crippen molar-refractivity contribution in [1.29, 1.82) is 0 Å². The van der Waals surface area contributed by atoms with E-state index in [0.29, 0.717) is 6.54 Å². The number of nitrogens with two attached hydrogens (primary N) is 1. The van der Waals surface area contributed by atoms with Crippen LogP contribution in [0.1, 0.15) is 18.9 Å². The highest BCUT2D eigenvalue weighted by Gasteiger charge is 2.25. The third-order valence-corrected chi connectivity index (χ3v) is 3.96. The molecule has 20 heavy (non-hydrogen) atoms. The second kappa shape index (κ2) is 5.73. The summed E-state index contributed by atoms with van der Waals surface area (Å²) in [5.41, 5.74) is 7.81. The summed E-state index contributed by atoms with van der Waals surface area (Å²) in [5.74, 6) is -0.0720. The largest absolute Gasteiger partial charge is 0.329 e. The molecule has 3 N–H and O–H groups in total. The number of carbonyl (C=O) groups is 1. The second-order valence-electron chi connectivity index (χ2n) is 5.37. The van der Waals surface area contributed by atoms with Crippen LogP contribution in [-0.4, -0.2) is 17.4 Å². The number of benzene rings is 1. The van der Waals surface area contributed by atoms with E-state index in [9.17, 15) is 4.79 Å². The summed E-state index contributed by atoms with van der Waals surface area (Å²) in [5, 5.41) is 5.95. The summed E-state index contributed by atoms with van der Waals surface area (Å²) in [6, 6.07) is 7.68. The van der Waals surface area contributed by atoms with Gasteiger partial charge in [-0.25, -0.2) is 4.98 Å². The van der Waals surface area contributed by atoms with Gasteiger partial charge in [-0.05, 0) is 32.9 Å². The van der Waals surface area contributed by atoms with Crippen LogP contribution < -0.4 is 11.1 Å². The predicted molar refractivity (Wildman–Crippen MR) is 83.8 cm³/mol. The predicted octanol–water partition coefficient (Wildman–Crippen LogP) is 3.04. The minimum absolute atomic E-state index is 0.0720. The smallest absolute Gasteiger partial charge is 0.231 e. The Morgan fingerprint density at radius 3 is 2.50 bits per heavy atom. The maximum atomic E-state index is 12.0. The van der Waals surface area contributed by atoms with Crippen molar-refractivity contribution in [1.82, 2.24) is 4.98 Å². The van der Waals surface area contributed by atoms with Crippen LogP contribution in [0.5, 0.6) is 0 Å². The third-order valence-electron chi connectivity index (χ3n) is 3.18. The fourth-order valence-electron chi connectivity index (χ4n) is 1.61. The Labute approximate surface area is 123 Å². The first-order chi connectivity index (χ1) is 9.42. The molecule has 0 saturated carbocycles. The zero-order valence-electron chi connectivity index (χ0n) is 11.9. The molecule has 1 aromatic heterocycles. The lowest BCUT2D eigenvalue weighted by Gasteiger charge is -2.21. The van der Waals surface area contributed by atoms with E-state index in [1.807, 2.05) is 50.4 Å². The maximum absolute atomic E-state index is 12.0. The first-order valence-corrected chi connectivity index (χ1v) is 7.34. The van der Waals surface area contributed by atoms with Crippen molar-refractivity contribution < 1.29 is 4.79 Å². The zero-order valence-corrected chi connectivity index (χ0v) is 12.8. The Balaban J connectivity index is 2.11. The van der Waals surface area contributed by atoms with Gasteiger partial charge in [-0.3, -0.25) is 4.79 Å². The number of aryl methyl sites for hydroxylation is 1. The van der Waals surface area contributed by atoms with Gasteiger partial charge in [0, 0.05) is 23.2 Å². The normalized spacial score (nSPS) is 11.4. The molecule has 0 unspecified atom stereocenters. The first kappa shape index (κ1) is 14.7. The molecule has 0 aliphatic carbocycles. The Morgan fingerprint density at radius 2 is 2.00 bits per heavy atom. The maximum Gasteiger partial charge on any atom is 0.231 e. The van der Waals surface area contributed by atoms with Gasteiger partial charge < -0.3 is 11.1 Å². The minimum atomic E-state index is -0.565. The van der Waals surface area contributed by atoms with Crippen LogP contribution in [0.3, 0.4) is 0 Å². The van der Waals surface area contributed by atoms with Gasteiger partial charge in [0.1, 0.15) is 0 Å². The van der Waals surface area contributed by atoms with Gasteiger partial charge in [0.05, 0.1) is 16.1 Å². The van der Waals surface area contributed by atoms with E-state index in [1.165, 1.54) is 0 Å². The molecule has 0 aliphatic heterocycles. The molecule has 0 saturated heterocycles. The molecule has 2 rings (SSSR count). The molecule has 0 atom stereocenters. The molecule has 0 fully saturated rings. The van der Waals surface area contributed by atoms with E-state index in [4.69, 9.17) is 5.73 Å². The van der Waals surface area contributed by atoms with E-state index < -0.39 is 5.41 Å². The molecule has 106 valence electrons. The number of rotatable bonds is 4. The van der Waals surface area contributed by atoms with Gasteiger partial charge in [0.25, 0.3) is 0 Å². The summed E-state index contributed by atoms with van der Waals surface area (Å²) >= 11 is 1.63. The van der Waals surface area contributed by atoms with Crippen molar-refractivity contribution in [2.75, 3.05) is 11.9 Å². The molecule has 1 amide bonds. The molecule has 4 nitrogen and oxygen atoms in total. The molecule has 1 heterocycles. The van der Waals surface area contributed by atoms with Crippen LogP contribution in [0.15, 0.2) is 29.6 Å². The topological polar surface area (TPSA) is 68.0 Å². The molecule has 5 heteroatoms. The number of hydrogen-bond donors (Lipinski definition) is 2. The Morgan fingerprint density at radius 1 is 1.35 bits per heavy atom. The van der Waals surface area contributed by atoms with Crippen LogP contribution in [0.25, 0.3) is 11.3 Å². The van der Waals surface area contributed by atoms with Gasteiger partial charge in [0.15, 0.2) is 0 Å². The van der Waals surface area contributed by atoms with E-state index in [0.717, 1.165) is 22.0 Å². The second-order valence-corrected chi connectivity index (χ2v) is 6.43. The van der Waals surface area contributed by atoms with E-state index in [-0.39, 0.29) is 5.91 Å². The fraction of sp³-hybridized carbons (Fsp3) is 0.333. The number of amides is 1. The van der Waals surface area contributed by atoms with E-state index in [1.54, 1.807) is 11.3 Å². The summed E-state index contributed by atoms with van der Waals surface area (Å²) < 4.78 is 0. The van der Waals surface area contributed by atoms with Gasteiger partial charge in [-0.1, -0.05) is 12.1 Å². The molecule has 0 spiro atoms. The highest BCUT2D eigenvalue weighted by Crippen LogP contribution is 2.24. The number of aromatic nitrogens is 1. The fourth-order valence-corrected chi connectivity index (χ4v) is 2.24. The number of anilines is 1. The highest BCUT2D eigenvalue weighted by atomic mass is 32.1. The van der Waals surface area contributed by atoms with Crippen molar-refractivity contribution in [3.63, 3.8) is 0 Å². The van der Waals surface area contributed by atoms with Crippen molar-refractivity contribution in [3.8, 4) is 11.3 Å². The lowest BCUT2D eigenvalue weighted by Crippen LogP contribution is -2.37. The van der Waals surface area contributed by atoms with Crippen LogP contribution in [0, 0.1) is 12.3 Å². The molecular weight excluding hydrogens is 270 g/mol. The molecule has 2 aromatic rings. The van der Waals surface area contributed by atoms with Crippen LogP contribution in [0.4, 0.5) is 5.69 Å². The van der Waals surface area contributed by atoms with Gasteiger partial charge in [0.2, 0.25) is 5.91 Å². The van der Waals surface area contributed by atoms with E-state index >= 15 is 0 Å². The number of nitrogens with zero attached hydrogens (tertiary/aromatic N) is 1. The Bertz CT molecular complexity index is 602. The zero-order chi connectivity index (χ0) is 14.8. The van der Waals surface area contributed by atoms with Crippen molar-refractivity contribution in [2.45, 2.75) is 20.8 Å². The van der Waals surface area contributed by atoms with Crippen LogP contribution in [-0.2, 0) is 4.79 Å². The Hall–Kier alpha value is -1.72. The average Bonchev–Trinajstić information content (AvgIpc) is 2.86. The van der Waals surface area contributed by atoms with Crippen molar-refractivity contribution >= 4 is 22.9 Å². The lowest BCUT2D eigenvalue weighted by atomic mass is 9.92. The van der Waals surface area contributed by atoms with Crippen LogP contribution >= 0.6 is 11.3 Å². The number of nitrogens with one attached hydrogen (secondary N) is 1. The monoisotopic (exact) mass is 289 g/mol. The molecule has 0 aliphatic rings. The number of thiazole rings is 1. The van der Waals surface area contributed by atoms with Gasteiger partial charge in [-0.15, -0.1) is 11.3 Å². The van der Waals surface area contributed by atoms with Gasteiger partial charge in [-0.2, -0.15) is 0 Å². The molecule has 0 bridgehead atoms. The summed E-state index contributed by atoms with van der Waals surface area (Å²) in [4.78, 5) is 16.5. The first-order valence-electron chi connectivity index (χ1n) is 6.46. The summed E-state index contributed by atoms with van der Waals surface area (Å²) in [6.45, 7) is 5.95. The van der Waals surface area contributed by atoms with Gasteiger partial charge >= 0.3 is 0 Å². The molecule has 1 aromatic carbocycles. The highest BCUT2D eigenvalue weighted by molar-refractivity contribution is 7.09. The minimum Gasteiger partial charge on any atom is -0.329 e.